The van der Waals surface area contributed by atoms with Gasteiger partial charge in [-0.1, -0.05) is 6.58 Å². The van der Waals surface area contributed by atoms with Gasteiger partial charge in [0.05, 0.1) is 6.17 Å². The lowest BCUT2D eigenvalue weighted by Crippen LogP contribution is -2.31. The highest BCUT2D eigenvalue weighted by molar-refractivity contribution is 6.44. The van der Waals surface area contributed by atoms with Gasteiger partial charge in [-0.3, -0.25) is 0 Å². The van der Waals surface area contributed by atoms with E-state index in [0.717, 1.165) is 6.17 Å². The van der Waals surface area contributed by atoms with E-state index >= 15 is 0 Å². The van der Waals surface area contributed by atoms with Gasteiger partial charge in [-0.05, 0) is 6.20 Å². The van der Waals surface area contributed by atoms with Gasteiger partial charge in [0.1, 0.15) is 0 Å². The molecule has 0 unspecified atom stereocenters. The molecule has 0 aromatic heterocycles. The molecular weight excluding hydrogens is 134 g/mol. The smallest absolute Gasteiger partial charge is 0.340 e. The molecule has 4 heteroatoms. The van der Waals surface area contributed by atoms with E-state index < -0.39 is 9.28 Å². The molecule has 0 rings (SSSR count). The summed E-state index contributed by atoms with van der Waals surface area (Å²) in [5.41, 5.74) is 0. The molecule has 0 saturated carbocycles. The molecule has 54 valence electrons. The number of hydrogen-bond acceptors (Lipinski definition) is 3. The molecule has 0 atom stereocenters. The molecule has 0 aromatic carbocycles. The van der Waals surface area contributed by atoms with Gasteiger partial charge in [0, 0.05) is 14.2 Å². The van der Waals surface area contributed by atoms with E-state index in [1.165, 1.54) is 0 Å². The Morgan fingerprint density at radius 2 is 2.11 bits per heavy atom. The predicted octanol–water partition coefficient (Wildman–Crippen LogP) is -0.228. The summed E-state index contributed by atoms with van der Waals surface area (Å²) in [5.74, 6) is 0. The zero-order valence-electron chi connectivity index (χ0n) is 5.89. The van der Waals surface area contributed by atoms with Crippen LogP contribution in [0, 0.1) is 0 Å². The van der Waals surface area contributed by atoms with E-state index in [0.29, 0.717) is 0 Å². The summed E-state index contributed by atoms with van der Waals surface area (Å²) in [4.78, 5) is 0. The third-order valence-electron chi connectivity index (χ3n) is 0.955. The minimum Gasteiger partial charge on any atom is -0.399 e. The fourth-order valence-corrected chi connectivity index (χ4v) is 1.33. The molecule has 0 aliphatic carbocycles. The third-order valence-corrected chi connectivity index (χ3v) is 2.58. The Hall–Kier alpha value is -0.323. The van der Waals surface area contributed by atoms with Crippen LogP contribution in [0.25, 0.3) is 0 Å². The summed E-state index contributed by atoms with van der Waals surface area (Å²) in [5, 5.41) is 2.93. The Morgan fingerprint density at radius 3 is 2.44 bits per heavy atom. The molecule has 0 fully saturated rings. The summed E-state index contributed by atoms with van der Waals surface area (Å²) >= 11 is 0. The van der Waals surface area contributed by atoms with Crippen LogP contribution in [0.1, 0.15) is 0 Å². The molecular formula is C5H13NO2Si. The van der Waals surface area contributed by atoms with Crippen molar-refractivity contribution in [3.8, 4) is 0 Å². The van der Waals surface area contributed by atoms with Gasteiger partial charge in [0.2, 0.25) is 0 Å². The van der Waals surface area contributed by atoms with Crippen LogP contribution in [-0.2, 0) is 8.85 Å². The Kier molecular flexibility index (Phi) is 5.60. The van der Waals surface area contributed by atoms with Crippen LogP contribution in [0.4, 0.5) is 0 Å². The molecule has 9 heavy (non-hydrogen) atoms. The second-order valence-corrected chi connectivity index (χ2v) is 3.72. The molecule has 0 aliphatic heterocycles. The molecule has 0 heterocycles. The van der Waals surface area contributed by atoms with Gasteiger partial charge in [0.15, 0.2) is 0 Å². The van der Waals surface area contributed by atoms with Gasteiger partial charge in [-0.2, -0.15) is 0 Å². The lowest BCUT2D eigenvalue weighted by atomic mass is 11.0. The first-order chi connectivity index (χ1) is 4.35. The van der Waals surface area contributed by atoms with Gasteiger partial charge in [-0.25, -0.2) is 0 Å². The third kappa shape index (κ3) is 4.20. The van der Waals surface area contributed by atoms with Crippen molar-refractivity contribution in [1.82, 2.24) is 5.32 Å². The SMILES string of the molecule is C=CNC[SiH](OC)OC. The van der Waals surface area contributed by atoms with Crippen molar-refractivity contribution in [3.05, 3.63) is 12.8 Å². The first-order valence-electron chi connectivity index (χ1n) is 2.75. The standard InChI is InChI=1S/C5H13NO2Si/c1-4-6-5-9(7-2)8-3/h4,6,9H,1,5H2,2-3H3. The minimum absolute atomic E-state index is 0.774. The summed E-state index contributed by atoms with van der Waals surface area (Å²) < 4.78 is 10.0. The van der Waals surface area contributed by atoms with E-state index in [1.54, 1.807) is 20.4 Å². The van der Waals surface area contributed by atoms with Gasteiger partial charge < -0.3 is 14.2 Å². The Labute approximate surface area is 57.5 Å². The second-order valence-electron chi connectivity index (χ2n) is 1.51. The van der Waals surface area contributed by atoms with Crippen LogP contribution in [0.5, 0.6) is 0 Å². The molecule has 0 saturated heterocycles. The zero-order chi connectivity index (χ0) is 7.11. The summed E-state index contributed by atoms with van der Waals surface area (Å²) in [7, 11) is 1.92. The summed E-state index contributed by atoms with van der Waals surface area (Å²) in [6, 6.07) is 0. The molecule has 0 spiro atoms. The molecule has 0 radical (unpaired) electrons. The van der Waals surface area contributed by atoms with Gasteiger partial charge in [0.25, 0.3) is 0 Å². The van der Waals surface area contributed by atoms with E-state index in [1.807, 2.05) is 0 Å². The van der Waals surface area contributed by atoms with Crippen LogP contribution in [0.15, 0.2) is 12.8 Å². The maximum absolute atomic E-state index is 5.01. The Balaban J connectivity index is 3.19. The van der Waals surface area contributed by atoms with Crippen LogP contribution in [0.2, 0.25) is 0 Å². The van der Waals surface area contributed by atoms with E-state index in [2.05, 4.69) is 11.9 Å². The molecule has 0 amide bonds. The zero-order valence-corrected chi connectivity index (χ0v) is 7.04. The maximum atomic E-state index is 5.01. The van der Waals surface area contributed by atoms with Crippen molar-refractivity contribution >= 4 is 9.28 Å². The fraction of sp³-hybridized carbons (Fsp3) is 0.600. The van der Waals surface area contributed by atoms with Crippen LogP contribution < -0.4 is 5.32 Å². The maximum Gasteiger partial charge on any atom is 0.340 e. The number of hydrogen-bond donors (Lipinski definition) is 1. The van der Waals surface area contributed by atoms with Crippen molar-refractivity contribution in [2.75, 3.05) is 20.4 Å². The highest BCUT2D eigenvalue weighted by Gasteiger charge is 2.05. The average molecular weight is 147 g/mol. The Morgan fingerprint density at radius 1 is 1.56 bits per heavy atom. The highest BCUT2D eigenvalue weighted by atomic mass is 28.3. The molecule has 0 aromatic rings. The first-order valence-corrected chi connectivity index (χ1v) is 4.51. The molecule has 0 bridgehead atoms. The van der Waals surface area contributed by atoms with Crippen molar-refractivity contribution in [2.24, 2.45) is 0 Å². The lowest BCUT2D eigenvalue weighted by Gasteiger charge is -2.09. The lowest BCUT2D eigenvalue weighted by molar-refractivity contribution is 0.277. The molecule has 1 N–H and O–H groups in total. The minimum atomic E-state index is -1.39. The predicted molar refractivity (Wildman–Crippen MR) is 39.4 cm³/mol. The first kappa shape index (κ1) is 8.68. The monoisotopic (exact) mass is 147 g/mol. The average Bonchev–Trinajstić information content (AvgIpc) is 1.91. The second kappa shape index (κ2) is 5.81. The van der Waals surface area contributed by atoms with Crippen molar-refractivity contribution in [3.63, 3.8) is 0 Å². The fourth-order valence-electron chi connectivity index (χ4n) is 0.442. The normalized spacial score (nSPS) is 9.67. The Bertz CT molecular complexity index is 75.4. The van der Waals surface area contributed by atoms with Crippen molar-refractivity contribution in [1.29, 1.82) is 0 Å². The largest absolute Gasteiger partial charge is 0.399 e. The molecule has 3 nitrogen and oxygen atoms in total. The van der Waals surface area contributed by atoms with Crippen LogP contribution in [-0.4, -0.2) is 29.7 Å². The molecule has 0 aliphatic rings. The number of rotatable bonds is 5. The summed E-state index contributed by atoms with van der Waals surface area (Å²) in [6.07, 6.45) is 2.41. The van der Waals surface area contributed by atoms with Gasteiger partial charge >= 0.3 is 9.28 Å². The van der Waals surface area contributed by atoms with E-state index in [-0.39, 0.29) is 0 Å². The van der Waals surface area contributed by atoms with E-state index in [4.69, 9.17) is 8.85 Å². The van der Waals surface area contributed by atoms with Gasteiger partial charge in [-0.15, -0.1) is 0 Å². The highest BCUT2D eigenvalue weighted by Crippen LogP contribution is 1.80. The number of nitrogens with one attached hydrogen (secondary N) is 1. The van der Waals surface area contributed by atoms with Crippen LogP contribution in [0.3, 0.4) is 0 Å². The summed E-state index contributed by atoms with van der Waals surface area (Å²) in [6.45, 7) is 3.50. The van der Waals surface area contributed by atoms with Crippen molar-refractivity contribution in [2.45, 2.75) is 0 Å². The topological polar surface area (TPSA) is 30.5 Å². The quantitative estimate of drug-likeness (QED) is 0.545. The van der Waals surface area contributed by atoms with E-state index in [9.17, 15) is 0 Å². The van der Waals surface area contributed by atoms with Crippen LogP contribution >= 0.6 is 0 Å². The van der Waals surface area contributed by atoms with Crippen molar-refractivity contribution < 1.29 is 8.85 Å².